The molecule has 3 rings (SSSR count). The normalized spacial score (nSPS) is 22.2. The minimum atomic E-state index is -1.59. The molecule has 6 unspecified atom stereocenters. The molecule has 6 atom stereocenters. The molecule has 2 aromatic rings. The largest absolute Gasteiger partial charge is 0.394 e. The smallest absolute Gasteiger partial charge is 0.239 e. The number of carbonyl (C=O) groups excluding carboxylic acids is 2. The number of imidazole rings is 1. The van der Waals surface area contributed by atoms with Crippen molar-refractivity contribution in [2.24, 2.45) is 5.92 Å². The molecule has 14 heteroatoms. The highest BCUT2D eigenvalue weighted by Gasteiger charge is 2.48. The lowest BCUT2D eigenvalue weighted by Gasteiger charge is -2.44. The molecule has 46 heavy (non-hydrogen) atoms. The second-order valence-corrected chi connectivity index (χ2v) is 12.8. The maximum Gasteiger partial charge on any atom is 0.239 e. The highest BCUT2D eigenvalue weighted by Crippen LogP contribution is 2.26. The van der Waals surface area contributed by atoms with E-state index in [-0.39, 0.29) is 18.3 Å². The van der Waals surface area contributed by atoms with Crippen LogP contribution in [0.2, 0.25) is 0 Å². The molecule has 0 radical (unpaired) electrons. The fourth-order valence-electron chi connectivity index (χ4n) is 5.76. The number of aliphatic hydroxyl groups is 4. The third-order valence-corrected chi connectivity index (χ3v) is 8.46. The number of fused-ring (bicyclic) bond motifs is 1. The number of carbonyl (C=O) groups is 2. The highest BCUT2D eigenvalue weighted by atomic mass is 16.5. The van der Waals surface area contributed by atoms with E-state index in [1.165, 1.54) is 76.9 Å². The Morgan fingerprint density at radius 2 is 1.52 bits per heavy atom. The Labute approximate surface area is 271 Å². The molecule has 0 saturated carbocycles. The van der Waals surface area contributed by atoms with Gasteiger partial charge in [-0.1, -0.05) is 90.9 Å². The van der Waals surface area contributed by atoms with Crippen molar-refractivity contribution in [2.45, 2.75) is 140 Å². The number of hydrogen-bond acceptors (Lipinski definition) is 11. The van der Waals surface area contributed by atoms with Crippen molar-refractivity contribution in [1.82, 2.24) is 30.6 Å². The van der Waals surface area contributed by atoms with Crippen molar-refractivity contribution in [3.8, 4) is 0 Å². The highest BCUT2D eigenvalue weighted by molar-refractivity contribution is 5.85. The van der Waals surface area contributed by atoms with Crippen LogP contribution in [0.1, 0.15) is 104 Å². The van der Waals surface area contributed by atoms with E-state index >= 15 is 0 Å². The summed E-state index contributed by atoms with van der Waals surface area (Å²) in [4.78, 5) is 40.0. The van der Waals surface area contributed by atoms with E-state index in [9.17, 15) is 30.0 Å². The number of nitrogens with zero attached hydrogens (tertiary/aromatic N) is 3. The summed E-state index contributed by atoms with van der Waals surface area (Å²) in [6, 6.07) is -1.27. The maximum atomic E-state index is 12.7. The van der Waals surface area contributed by atoms with Crippen molar-refractivity contribution >= 4 is 28.8 Å². The van der Waals surface area contributed by atoms with E-state index in [0.717, 1.165) is 25.2 Å². The van der Waals surface area contributed by atoms with E-state index in [1.807, 2.05) is 0 Å². The molecule has 1 aliphatic heterocycles. The van der Waals surface area contributed by atoms with Crippen LogP contribution in [0.3, 0.4) is 0 Å². The fraction of sp³-hybridized carbons (Fsp3) is 0.781. The molecule has 8 N–H and O–H groups in total. The van der Waals surface area contributed by atoms with Crippen LogP contribution in [0, 0.1) is 5.92 Å². The predicted octanol–water partition coefficient (Wildman–Crippen LogP) is 2.28. The zero-order valence-corrected chi connectivity index (χ0v) is 27.4. The first kappa shape index (κ1) is 37.5. The summed E-state index contributed by atoms with van der Waals surface area (Å²) in [5.74, 6) is 0.148. The molecular weight excluding hydrogens is 594 g/mol. The van der Waals surface area contributed by atoms with Gasteiger partial charge in [0.05, 0.1) is 25.5 Å². The lowest BCUT2D eigenvalue weighted by Crippen LogP contribution is -2.68. The lowest BCUT2D eigenvalue weighted by molar-refractivity contribution is -0.204. The average Bonchev–Trinajstić information content (AvgIpc) is 3.53. The second-order valence-electron chi connectivity index (χ2n) is 12.8. The van der Waals surface area contributed by atoms with Gasteiger partial charge in [0.1, 0.15) is 36.3 Å². The van der Waals surface area contributed by atoms with Crippen LogP contribution in [-0.2, 0) is 14.3 Å². The number of hydrogen-bond donors (Lipinski definition) is 8. The molecule has 14 nitrogen and oxygen atoms in total. The van der Waals surface area contributed by atoms with Crippen molar-refractivity contribution in [3.05, 3.63) is 12.7 Å². The number of aromatic nitrogens is 4. The molecule has 1 fully saturated rings. The number of unbranched alkanes of at least 4 members (excludes halogenated alkanes) is 11. The summed E-state index contributed by atoms with van der Waals surface area (Å²) in [7, 11) is 0. The van der Waals surface area contributed by atoms with Crippen molar-refractivity contribution < 1.29 is 34.8 Å². The quantitative estimate of drug-likeness (QED) is 0.0866. The van der Waals surface area contributed by atoms with Gasteiger partial charge in [-0.25, -0.2) is 15.0 Å². The average molecular weight is 650 g/mol. The third kappa shape index (κ3) is 12.4. The van der Waals surface area contributed by atoms with E-state index in [0.29, 0.717) is 17.6 Å². The Balaban J connectivity index is 1.31. The van der Waals surface area contributed by atoms with E-state index in [4.69, 9.17) is 4.74 Å². The van der Waals surface area contributed by atoms with Gasteiger partial charge in [0.2, 0.25) is 11.8 Å². The Kier molecular flexibility index (Phi) is 16.6. The first-order chi connectivity index (χ1) is 22.2. The van der Waals surface area contributed by atoms with Gasteiger partial charge in [-0.05, 0) is 12.3 Å². The summed E-state index contributed by atoms with van der Waals surface area (Å²) < 4.78 is 5.80. The monoisotopic (exact) mass is 649 g/mol. The minimum Gasteiger partial charge on any atom is -0.394 e. The summed E-state index contributed by atoms with van der Waals surface area (Å²) in [6.45, 7) is 3.50. The molecule has 2 amide bonds. The molecule has 0 aromatic carbocycles. The summed E-state index contributed by atoms with van der Waals surface area (Å²) >= 11 is 0. The van der Waals surface area contributed by atoms with E-state index in [1.54, 1.807) is 0 Å². The van der Waals surface area contributed by atoms with Gasteiger partial charge in [0.15, 0.2) is 17.7 Å². The molecule has 0 aliphatic carbocycles. The number of nitrogens with one attached hydrogen (secondary N) is 4. The molecule has 3 heterocycles. The maximum absolute atomic E-state index is 12.7. The Morgan fingerprint density at radius 3 is 2.15 bits per heavy atom. The predicted molar refractivity (Wildman–Crippen MR) is 173 cm³/mol. The van der Waals surface area contributed by atoms with Gasteiger partial charge in [0, 0.05) is 6.42 Å². The molecule has 0 bridgehead atoms. The van der Waals surface area contributed by atoms with Crippen LogP contribution in [0.4, 0.5) is 5.82 Å². The molecule has 2 aromatic heterocycles. The first-order valence-electron chi connectivity index (χ1n) is 17.0. The van der Waals surface area contributed by atoms with Gasteiger partial charge in [0.25, 0.3) is 0 Å². The number of aliphatic hydroxyl groups excluding tert-OH is 4. The third-order valence-electron chi connectivity index (χ3n) is 8.46. The molecular formula is C32H55N7O7. The van der Waals surface area contributed by atoms with Gasteiger partial charge in [-0.2, -0.15) is 0 Å². The zero-order chi connectivity index (χ0) is 33.3. The fourth-order valence-corrected chi connectivity index (χ4v) is 5.76. The second kappa shape index (κ2) is 20.4. The van der Waals surface area contributed by atoms with Crippen molar-refractivity contribution in [2.75, 3.05) is 18.5 Å². The summed E-state index contributed by atoms with van der Waals surface area (Å²) in [5.41, 5.74) is 0.795. The standard InChI is InChI=1S/C32H55N7O7/c1-21(2)15-13-11-9-7-5-3-4-6-8-10-12-14-16-23(42)33-17-24(43)38-25-27(44)28(45)32(46-29(25)22(41)18-40)39-31-26-30(35-19-34-26)36-20-37-31/h19-22,25,27-29,32,40-41,44-45H,3-18H2,1-2H3,(H,33,42)(H,38,43)(H2,34,35,36,37,39). The molecule has 0 spiro atoms. The van der Waals surface area contributed by atoms with Crippen LogP contribution in [0.15, 0.2) is 12.7 Å². The summed E-state index contributed by atoms with van der Waals surface area (Å²) in [5, 5.41) is 49.6. The van der Waals surface area contributed by atoms with E-state index < -0.39 is 49.2 Å². The number of rotatable bonds is 22. The number of amides is 2. The van der Waals surface area contributed by atoms with Crippen LogP contribution < -0.4 is 16.0 Å². The number of anilines is 1. The SMILES string of the molecule is CC(C)CCCCCCCCCCCCCCC(=O)NCC(=O)NC1C(O)C(O)C(Nc2ncnc3nc[nH]c23)OC1C(O)CO. The van der Waals surface area contributed by atoms with E-state index in [2.05, 4.69) is 49.7 Å². The van der Waals surface area contributed by atoms with Crippen molar-refractivity contribution in [3.63, 3.8) is 0 Å². The van der Waals surface area contributed by atoms with Gasteiger partial charge >= 0.3 is 0 Å². The topological polar surface area (TPSA) is 215 Å². The number of ether oxygens (including phenoxy) is 1. The van der Waals surface area contributed by atoms with Crippen LogP contribution in [-0.4, -0.2) is 102 Å². The van der Waals surface area contributed by atoms with Crippen molar-refractivity contribution in [1.29, 1.82) is 0 Å². The lowest BCUT2D eigenvalue weighted by atomic mass is 9.92. The zero-order valence-electron chi connectivity index (χ0n) is 27.4. The van der Waals surface area contributed by atoms with Crippen LogP contribution in [0.5, 0.6) is 0 Å². The Hall–Kier alpha value is -2.91. The Bertz CT molecular complexity index is 1170. The number of H-pyrrole nitrogens is 1. The van der Waals surface area contributed by atoms with Crippen LogP contribution in [0.25, 0.3) is 11.2 Å². The molecule has 1 saturated heterocycles. The molecule has 1 aliphatic rings. The van der Waals surface area contributed by atoms with Gasteiger partial charge in [-0.3, -0.25) is 9.59 Å². The minimum absolute atomic E-state index is 0.231. The Morgan fingerprint density at radius 1 is 0.891 bits per heavy atom. The van der Waals surface area contributed by atoms with Crippen LogP contribution >= 0.6 is 0 Å². The molecule has 260 valence electrons. The first-order valence-corrected chi connectivity index (χ1v) is 17.0. The van der Waals surface area contributed by atoms with Gasteiger partial charge in [-0.15, -0.1) is 0 Å². The number of aromatic amines is 1. The summed E-state index contributed by atoms with van der Waals surface area (Å²) in [6.07, 6.45) is 11.6. The van der Waals surface area contributed by atoms with Gasteiger partial charge < -0.3 is 46.1 Å².